The third kappa shape index (κ3) is 1.80. The molecule has 0 aromatic carbocycles. The van der Waals surface area contributed by atoms with Crippen molar-refractivity contribution in [1.29, 1.82) is 0 Å². The lowest BCUT2D eigenvalue weighted by Crippen LogP contribution is -2.31. The van der Waals surface area contributed by atoms with Crippen molar-refractivity contribution in [2.75, 3.05) is 23.9 Å². The van der Waals surface area contributed by atoms with Crippen LogP contribution in [-0.2, 0) is 4.84 Å². The van der Waals surface area contributed by atoms with Gasteiger partial charge in [0.05, 0.1) is 18.5 Å². The van der Waals surface area contributed by atoms with E-state index in [0.717, 1.165) is 37.4 Å². The van der Waals surface area contributed by atoms with Gasteiger partial charge in [-0.15, -0.1) is 0 Å². The summed E-state index contributed by atoms with van der Waals surface area (Å²) in [6.07, 6.45) is 3.95. The molecule has 0 bridgehead atoms. The van der Waals surface area contributed by atoms with Crippen molar-refractivity contribution in [1.82, 2.24) is 4.98 Å². The second kappa shape index (κ2) is 3.84. The molecule has 1 aromatic rings. The topological polar surface area (TPSA) is 51.4 Å². The number of rotatable bonds is 1. The van der Waals surface area contributed by atoms with Gasteiger partial charge in [0.15, 0.2) is 5.82 Å². The van der Waals surface area contributed by atoms with E-state index in [1.54, 1.807) is 6.20 Å². The molecule has 1 aromatic heterocycles. The maximum absolute atomic E-state index is 5.64. The molecule has 1 fully saturated rings. The van der Waals surface area contributed by atoms with Crippen molar-refractivity contribution in [3.63, 3.8) is 0 Å². The first kappa shape index (κ1) is 9.27. The Morgan fingerprint density at radius 3 is 3.00 bits per heavy atom. The van der Waals surface area contributed by atoms with Crippen LogP contribution in [0.5, 0.6) is 0 Å². The van der Waals surface area contributed by atoms with Gasteiger partial charge in [-0.3, -0.25) is 4.84 Å². The van der Waals surface area contributed by atoms with E-state index >= 15 is 0 Å². The van der Waals surface area contributed by atoms with E-state index in [-0.39, 0.29) is 0 Å². The molecule has 14 heavy (non-hydrogen) atoms. The van der Waals surface area contributed by atoms with Gasteiger partial charge >= 0.3 is 0 Å². The Morgan fingerprint density at radius 2 is 2.36 bits per heavy atom. The number of hydrogen-bond acceptors (Lipinski definition) is 4. The molecule has 0 spiro atoms. The number of aromatic nitrogens is 1. The molecule has 2 N–H and O–H groups in total. The van der Waals surface area contributed by atoms with Crippen LogP contribution < -0.4 is 10.8 Å². The summed E-state index contributed by atoms with van der Waals surface area (Å²) >= 11 is 0. The summed E-state index contributed by atoms with van der Waals surface area (Å²) in [5.41, 5.74) is 7.39. The van der Waals surface area contributed by atoms with Crippen LogP contribution in [0.1, 0.15) is 18.4 Å². The summed E-state index contributed by atoms with van der Waals surface area (Å²) in [6.45, 7) is 3.69. The second-order valence-electron chi connectivity index (χ2n) is 3.55. The molecule has 0 saturated carbocycles. The molecular formula is C10H15N3O. The minimum Gasteiger partial charge on any atom is -0.397 e. The zero-order valence-corrected chi connectivity index (χ0v) is 8.36. The van der Waals surface area contributed by atoms with Crippen LogP contribution in [0.4, 0.5) is 11.5 Å². The Bertz CT molecular complexity index is 321. The molecule has 0 atom stereocenters. The van der Waals surface area contributed by atoms with Gasteiger partial charge in [-0.25, -0.2) is 10.0 Å². The van der Waals surface area contributed by atoms with Gasteiger partial charge in [-0.2, -0.15) is 0 Å². The minimum absolute atomic E-state index is 0.697. The molecule has 2 rings (SSSR count). The first-order valence-corrected chi connectivity index (χ1v) is 4.90. The van der Waals surface area contributed by atoms with Crippen molar-refractivity contribution in [2.24, 2.45) is 0 Å². The lowest BCUT2D eigenvalue weighted by Gasteiger charge is -2.27. The Balaban J connectivity index is 2.22. The highest BCUT2D eigenvalue weighted by Crippen LogP contribution is 2.21. The van der Waals surface area contributed by atoms with Crippen molar-refractivity contribution in [2.45, 2.75) is 19.8 Å². The first-order chi connectivity index (χ1) is 6.77. The molecule has 1 saturated heterocycles. The third-order valence-electron chi connectivity index (χ3n) is 2.31. The van der Waals surface area contributed by atoms with E-state index in [9.17, 15) is 0 Å². The van der Waals surface area contributed by atoms with Crippen LogP contribution in [0.15, 0.2) is 12.3 Å². The Hall–Kier alpha value is -1.29. The molecule has 4 nitrogen and oxygen atoms in total. The Morgan fingerprint density at radius 1 is 1.50 bits per heavy atom. The number of nitrogens with zero attached hydrogens (tertiary/aromatic N) is 2. The Labute approximate surface area is 83.6 Å². The van der Waals surface area contributed by atoms with Gasteiger partial charge in [0.2, 0.25) is 0 Å². The van der Waals surface area contributed by atoms with Gasteiger partial charge in [0.25, 0.3) is 0 Å². The number of pyridine rings is 1. The first-order valence-electron chi connectivity index (χ1n) is 4.90. The second-order valence-corrected chi connectivity index (χ2v) is 3.55. The third-order valence-corrected chi connectivity index (χ3v) is 2.31. The average molecular weight is 193 g/mol. The maximum Gasteiger partial charge on any atom is 0.155 e. The molecule has 2 heterocycles. The van der Waals surface area contributed by atoms with Gasteiger partial charge in [0, 0.05) is 6.54 Å². The SMILES string of the molecule is Cc1cc(N)cnc1N1CCCCO1. The monoisotopic (exact) mass is 193 g/mol. The predicted octanol–water partition coefficient (Wildman–Crippen LogP) is 1.50. The van der Waals surface area contributed by atoms with E-state index in [2.05, 4.69) is 4.98 Å². The molecule has 0 amide bonds. The summed E-state index contributed by atoms with van der Waals surface area (Å²) in [7, 11) is 0. The zero-order valence-electron chi connectivity index (χ0n) is 8.36. The van der Waals surface area contributed by atoms with Crippen molar-refractivity contribution >= 4 is 11.5 Å². The van der Waals surface area contributed by atoms with Crippen LogP contribution in [0.3, 0.4) is 0 Å². The predicted molar refractivity (Wildman–Crippen MR) is 55.9 cm³/mol. The summed E-state index contributed by atoms with van der Waals surface area (Å²) < 4.78 is 0. The molecule has 76 valence electrons. The van der Waals surface area contributed by atoms with Crippen LogP contribution in [0.25, 0.3) is 0 Å². The molecule has 1 aliphatic rings. The standard InChI is InChI=1S/C10H15N3O/c1-8-6-9(11)7-12-10(8)13-4-2-3-5-14-13/h6-7H,2-5,11H2,1H3. The highest BCUT2D eigenvalue weighted by atomic mass is 16.7. The summed E-state index contributed by atoms with van der Waals surface area (Å²) in [6, 6.07) is 1.92. The number of anilines is 2. The normalized spacial score (nSPS) is 17.1. The highest BCUT2D eigenvalue weighted by molar-refractivity contribution is 5.51. The molecule has 1 aliphatic heterocycles. The summed E-state index contributed by atoms with van der Waals surface area (Å²) in [4.78, 5) is 9.79. The quantitative estimate of drug-likeness (QED) is 0.734. The van der Waals surface area contributed by atoms with Crippen molar-refractivity contribution in [3.05, 3.63) is 17.8 Å². The van der Waals surface area contributed by atoms with Crippen LogP contribution in [0, 0.1) is 6.92 Å². The van der Waals surface area contributed by atoms with Gasteiger partial charge in [0.1, 0.15) is 0 Å². The summed E-state index contributed by atoms with van der Waals surface area (Å²) in [5, 5.41) is 1.86. The molecule has 0 radical (unpaired) electrons. The fourth-order valence-corrected chi connectivity index (χ4v) is 1.61. The number of hydrogen-bond donors (Lipinski definition) is 1. The molecule has 4 heteroatoms. The van der Waals surface area contributed by atoms with E-state index in [1.807, 2.05) is 18.1 Å². The number of hydroxylamine groups is 1. The summed E-state index contributed by atoms with van der Waals surface area (Å²) in [5.74, 6) is 0.888. The number of nitrogen functional groups attached to an aromatic ring is 1. The lowest BCUT2D eigenvalue weighted by molar-refractivity contribution is 0.0759. The molecule has 0 aliphatic carbocycles. The smallest absolute Gasteiger partial charge is 0.155 e. The van der Waals surface area contributed by atoms with E-state index in [0.29, 0.717) is 5.69 Å². The van der Waals surface area contributed by atoms with Crippen molar-refractivity contribution < 1.29 is 4.84 Å². The average Bonchev–Trinajstić information content (AvgIpc) is 2.19. The van der Waals surface area contributed by atoms with Crippen molar-refractivity contribution in [3.8, 4) is 0 Å². The zero-order chi connectivity index (χ0) is 9.97. The maximum atomic E-state index is 5.64. The van der Waals surface area contributed by atoms with Gasteiger partial charge in [-0.05, 0) is 31.4 Å². The Kier molecular flexibility index (Phi) is 2.54. The minimum atomic E-state index is 0.697. The fourth-order valence-electron chi connectivity index (χ4n) is 1.61. The van der Waals surface area contributed by atoms with Gasteiger partial charge in [-0.1, -0.05) is 0 Å². The van der Waals surface area contributed by atoms with Gasteiger partial charge < -0.3 is 5.73 Å². The largest absolute Gasteiger partial charge is 0.397 e. The van der Waals surface area contributed by atoms with E-state index in [1.165, 1.54) is 0 Å². The van der Waals surface area contributed by atoms with Crippen LogP contribution >= 0.6 is 0 Å². The fraction of sp³-hybridized carbons (Fsp3) is 0.500. The number of nitrogens with two attached hydrogens (primary N) is 1. The molecule has 0 unspecified atom stereocenters. The molecular weight excluding hydrogens is 178 g/mol. The van der Waals surface area contributed by atoms with Crippen LogP contribution in [0.2, 0.25) is 0 Å². The highest BCUT2D eigenvalue weighted by Gasteiger charge is 2.14. The van der Waals surface area contributed by atoms with E-state index < -0.39 is 0 Å². The van der Waals surface area contributed by atoms with E-state index in [4.69, 9.17) is 10.6 Å². The van der Waals surface area contributed by atoms with Crippen LogP contribution in [-0.4, -0.2) is 18.1 Å². The lowest BCUT2D eigenvalue weighted by atomic mass is 10.2. The number of aryl methyl sites for hydroxylation is 1.